The zero-order valence-corrected chi connectivity index (χ0v) is 52.1. The van der Waals surface area contributed by atoms with Crippen molar-refractivity contribution in [2.24, 2.45) is 0 Å². The molecular weight excluding hydrogens is 1350 g/mol. The van der Waals surface area contributed by atoms with Gasteiger partial charge in [0.25, 0.3) is 0 Å². The summed E-state index contributed by atoms with van der Waals surface area (Å²) in [6.07, 6.45) is -85.0. The van der Waals surface area contributed by atoms with Crippen LogP contribution in [-0.2, 0) is 84.9 Å². The number of ether oxygens (including phenoxy) is 16. The van der Waals surface area contributed by atoms with E-state index >= 15 is 0 Å². The van der Waals surface area contributed by atoms with Gasteiger partial charge in [-0.25, -0.2) is 4.57 Å². The summed E-state index contributed by atoms with van der Waals surface area (Å²) in [6, 6.07) is 0. The molecule has 44 nitrogen and oxygen atoms in total. The molecule has 40 atom stereocenters. The SMILES string of the molecule is CN(C)C.O=P(O)(O)OC[C@H]1O[C@@H]2O[C@H]3[C@H](O)[C@@H](O)[C@@H](O[C@H]4[C@H](O)[C@@H](O)[C@@H](O[C@H]5[C@H](O)[C@@H](O)[C@@H](O[C@H]6[C@H](O)[C@@H](O)[C@@H](O[C@H]7[C@H](O)[C@@H](O)[C@@H](O[C@H]8[C@H](O)[C@@H](O)[C@@H](O[C@H]9[C@H](O)[C@@H](O)[C@@H](O[C@H]1[C@H](O)[C@H]2O)O[C@@H]9CO)O[C@@H]8CO)O[C@@H]7CO)O[C@@H]6CO)O[C@@H]5CO)O[C@@H]4CO)O[C@@H]3CO. The summed E-state index contributed by atoms with van der Waals surface area (Å²) in [6.45, 7) is -9.15. The van der Waals surface area contributed by atoms with Crippen molar-refractivity contribution in [3.8, 4) is 0 Å². The van der Waals surface area contributed by atoms with Crippen molar-refractivity contribution in [2.45, 2.75) is 246 Å². The molecule has 0 spiro atoms. The van der Waals surface area contributed by atoms with Crippen LogP contribution >= 0.6 is 7.82 Å². The van der Waals surface area contributed by atoms with Crippen LogP contribution in [-0.4, -0.2) is 452 Å². The molecule has 0 radical (unpaired) electrons. The molecule has 0 saturated carbocycles. The summed E-state index contributed by atoms with van der Waals surface area (Å²) in [7, 11) is 0.529. The van der Waals surface area contributed by atoms with Gasteiger partial charge >= 0.3 is 7.82 Å². The Labute approximate surface area is 543 Å². The molecule has 30 heterocycles. The molecule has 0 amide bonds. The molecule has 30 aliphatic heterocycles. The van der Waals surface area contributed by atoms with Gasteiger partial charge in [0.2, 0.25) is 0 Å². The number of hydrogen-bond donors (Lipinski definition) is 25. The summed E-state index contributed by atoms with van der Waals surface area (Å²) in [5.41, 5.74) is 0. The summed E-state index contributed by atoms with van der Waals surface area (Å²) in [5.74, 6) is 0. The Morgan fingerprint density at radius 1 is 0.250 bits per heavy atom. The number of phosphoric ester groups is 1. The van der Waals surface area contributed by atoms with Gasteiger partial charge in [0, 0.05) is 0 Å². The first-order valence-corrected chi connectivity index (χ1v) is 31.7. The van der Waals surface area contributed by atoms with Crippen LogP contribution in [0.15, 0.2) is 0 Å². The van der Waals surface area contributed by atoms with Gasteiger partial charge < -0.3 is 208 Å². The Kier molecular flexibility index (Phi) is 28.7. The van der Waals surface area contributed by atoms with Gasteiger partial charge in [-0.15, -0.1) is 0 Å². The van der Waals surface area contributed by atoms with Gasteiger partial charge in [0.05, 0.1) is 52.9 Å². The van der Waals surface area contributed by atoms with Crippen LogP contribution in [0.1, 0.15) is 0 Å². The molecule has 0 aliphatic carbocycles. The highest BCUT2D eigenvalue weighted by molar-refractivity contribution is 7.46. The largest absolute Gasteiger partial charge is 0.469 e. The van der Waals surface area contributed by atoms with Gasteiger partial charge in [-0.2, -0.15) is 0 Å². The standard InChI is InChI=1S/C48H81O43P.C3H9N/c49-1-9-33-17(56)25(64)41(76-9)85-34-10(2-50)78-43(27(66)19(34)58)87-36-12(4-52)80-45(29(68)21(36)60)89-38-14(6-54)82-47(31(70)23(38)62)91-40-16(8-75-92(72,73)74)83-48(32(71)24(40)63)90-39-15(7-55)81-46(30(69)22(39)61)88-37-13(5-53)79-44(28(67)20(37)59)86-35-11(3-51)77-42(84-33)26(65)18(35)57;1-4(2)3/h9-71H,1-8H2,(H2,72,73,74);1-3H3/t9-,10-,11-,12-,13-,14-,15-,16-,17-,18-,19-,20-,21-,22-,23-,24-,25-,26-,27-,28-,29-,30-,31-,32-,33-,34-,35-,36-,37-,38-,39-,40-,41-,42-,43-,44-,45-,46-,47-,48-;/m1./s1. The molecule has 30 rings (SSSR count). The average Bonchev–Trinajstić information content (AvgIpc) is 0.781. The third kappa shape index (κ3) is 17.5. The number of phosphoric acid groups is 1. The fourth-order valence-electron chi connectivity index (χ4n) is 12.1. The Balaban J connectivity index is 0.00000286. The van der Waals surface area contributed by atoms with E-state index in [9.17, 15) is 132 Å². The quantitative estimate of drug-likeness (QED) is 0.0903. The third-order valence-corrected chi connectivity index (χ3v) is 17.6. The lowest BCUT2D eigenvalue weighted by molar-refractivity contribution is -0.404. The van der Waals surface area contributed by atoms with Crippen molar-refractivity contribution >= 4 is 7.82 Å². The van der Waals surface area contributed by atoms with Crippen LogP contribution in [0.3, 0.4) is 0 Å². The number of hydrogen-bond acceptors (Lipinski definition) is 42. The lowest BCUT2D eigenvalue weighted by Gasteiger charge is -2.50. The zero-order valence-electron chi connectivity index (χ0n) is 51.2. The maximum Gasteiger partial charge on any atom is 0.469 e. The van der Waals surface area contributed by atoms with E-state index in [1.807, 2.05) is 26.0 Å². The molecule has 16 bridgehead atoms. The van der Waals surface area contributed by atoms with Crippen LogP contribution in [0.2, 0.25) is 0 Å². The fourth-order valence-corrected chi connectivity index (χ4v) is 12.4. The van der Waals surface area contributed by atoms with Gasteiger partial charge in [-0.05, 0) is 21.1 Å². The van der Waals surface area contributed by atoms with Crippen LogP contribution in [0.25, 0.3) is 0 Å². The first-order chi connectivity index (χ1) is 45.3. The minimum atomic E-state index is -5.47. The molecule has 30 aliphatic rings. The van der Waals surface area contributed by atoms with Gasteiger partial charge in [-0.1, -0.05) is 0 Å². The minimum absolute atomic E-state index is 1.10. The lowest BCUT2D eigenvalue weighted by Crippen LogP contribution is -2.69. The van der Waals surface area contributed by atoms with E-state index in [0.29, 0.717) is 0 Å². The van der Waals surface area contributed by atoms with E-state index in [1.165, 1.54) is 0 Å². The van der Waals surface area contributed by atoms with Gasteiger partial charge in [0.1, 0.15) is 195 Å². The number of aliphatic hydroxyl groups is 23. The summed E-state index contributed by atoms with van der Waals surface area (Å²) in [5, 5.41) is 255. The monoisotopic (exact) mass is 1440 g/mol. The van der Waals surface area contributed by atoms with Crippen LogP contribution in [0.4, 0.5) is 0 Å². The molecule has 30 fully saturated rings. The predicted molar refractivity (Wildman–Crippen MR) is 292 cm³/mol. The lowest BCUT2D eigenvalue weighted by atomic mass is 9.94. The molecular formula is C51H90NO43P. The molecule has 45 heteroatoms. The normalized spacial score (nSPS) is 51.8. The van der Waals surface area contributed by atoms with E-state index in [1.54, 1.807) is 0 Å². The number of aliphatic hydroxyl groups excluding tert-OH is 23. The smallest absolute Gasteiger partial charge is 0.394 e. The molecule has 0 aromatic carbocycles. The molecule has 0 aromatic heterocycles. The average molecular weight is 1440 g/mol. The molecule has 0 unspecified atom stereocenters. The van der Waals surface area contributed by atoms with Crippen molar-refractivity contribution < 1.29 is 212 Å². The maximum absolute atomic E-state index is 12.0. The highest BCUT2D eigenvalue weighted by Crippen LogP contribution is 2.42. The van der Waals surface area contributed by atoms with E-state index < -0.39 is 306 Å². The van der Waals surface area contributed by atoms with Gasteiger partial charge in [0.15, 0.2) is 50.3 Å². The maximum atomic E-state index is 12.0. The second-order valence-corrected chi connectivity index (χ2v) is 25.6. The topological polar surface area (TPSA) is 683 Å². The second kappa shape index (κ2) is 34.4. The molecule has 25 N–H and O–H groups in total. The van der Waals surface area contributed by atoms with Crippen molar-refractivity contribution in [2.75, 3.05) is 74.0 Å². The highest BCUT2D eigenvalue weighted by atomic mass is 31.2. The first-order valence-electron chi connectivity index (χ1n) is 30.2. The Bertz CT molecular complexity index is 2380. The van der Waals surface area contributed by atoms with Crippen LogP contribution < -0.4 is 0 Å². The van der Waals surface area contributed by atoms with Crippen LogP contribution in [0, 0.1) is 0 Å². The number of nitrogens with zero attached hydrogens (tertiary/aromatic N) is 1. The van der Waals surface area contributed by atoms with Crippen molar-refractivity contribution in [1.29, 1.82) is 0 Å². The second-order valence-electron chi connectivity index (χ2n) is 24.4. The minimum Gasteiger partial charge on any atom is -0.394 e. The molecule has 96 heavy (non-hydrogen) atoms. The van der Waals surface area contributed by atoms with E-state index in [-0.39, 0.29) is 0 Å². The molecule has 30 saturated heterocycles. The van der Waals surface area contributed by atoms with E-state index in [2.05, 4.69) is 4.52 Å². The Morgan fingerprint density at radius 2 is 0.375 bits per heavy atom. The summed E-state index contributed by atoms with van der Waals surface area (Å²) >= 11 is 0. The highest BCUT2D eigenvalue weighted by Gasteiger charge is 2.60. The summed E-state index contributed by atoms with van der Waals surface area (Å²) < 4.78 is 108. The van der Waals surface area contributed by atoms with E-state index in [0.717, 1.165) is 0 Å². The van der Waals surface area contributed by atoms with Crippen molar-refractivity contribution in [3.05, 3.63) is 0 Å². The third-order valence-electron chi connectivity index (χ3n) is 17.1. The van der Waals surface area contributed by atoms with Crippen molar-refractivity contribution in [3.63, 3.8) is 0 Å². The summed E-state index contributed by atoms with van der Waals surface area (Å²) in [4.78, 5) is 21.2. The fraction of sp³-hybridized carbons (Fsp3) is 1.00. The number of rotatable bonds is 10. The van der Waals surface area contributed by atoms with Gasteiger partial charge in [-0.3, -0.25) is 4.52 Å². The predicted octanol–water partition coefficient (Wildman–Crippen LogP) is -17.1. The van der Waals surface area contributed by atoms with Crippen molar-refractivity contribution in [1.82, 2.24) is 4.90 Å². The molecule has 562 valence electrons. The zero-order chi connectivity index (χ0) is 70.8. The molecule has 0 aromatic rings. The van der Waals surface area contributed by atoms with E-state index in [4.69, 9.17) is 75.8 Å². The Morgan fingerprint density at radius 3 is 0.500 bits per heavy atom. The van der Waals surface area contributed by atoms with Crippen LogP contribution in [0.5, 0.6) is 0 Å². The first kappa shape index (κ1) is 80.2. The Hall–Kier alpha value is -1.49.